The first-order chi connectivity index (χ1) is 12.7. The zero-order valence-corrected chi connectivity index (χ0v) is 14.4. The smallest absolute Gasteiger partial charge is 0.254 e. The molecule has 1 aliphatic rings. The van der Waals surface area contributed by atoms with Crippen molar-refractivity contribution in [3.05, 3.63) is 71.9 Å². The second kappa shape index (κ2) is 7.03. The van der Waals surface area contributed by atoms with Gasteiger partial charge in [-0.05, 0) is 29.8 Å². The summed E-state index contributed by atoms with van der Waals surface area (Å²) in [7, 11) is 0. The van der Waals surface area contributed by atoms with Gasteiger partial charge in [0.25, 0.3) is 5.91 Å². The van der Waals surface area contributed by atoms with E-state index >= 15 is 0 Å². The predicted molar refractivity (Wildman–Crippen MR) is 100 cm³/mol. The quantitative estimate of drug-likeness (QED) is 0.794. The number of H-pyrrole nitrogens is 1. The van der Waals surface area contributed by atoms with Crippen molar-refractivity contribution in [2.75, 3.05) is 19.6 Å². The highest BCUT2D eigenvalue weighted by Gasteiger charge is 2.30. The number of nitrogens with zero attached hydrogens (tertiary/aromatic N) is 3. The molecule has 5 heteroatoms. The number of hydrogen-bond donors (Lipinski definition) is 1. The number of hydrogen-bond acceptors (Lipinski definition) is 3. The van der Waals surface area contributed by atoms with Crippen molar-refractivity contribution in [1.82, 2.24) is 14.8 Å². The third-order valence-corrected chi connectivity index (χ3v) is 4.96. The maximum absolute atomic E-state index is 12.9. The number of carbonyl (C=O) groups excluding carboxylic acids is 1. The molecule has 0 saturated carbocycles. The van der Waals surface area contributed by atoms with Crippen LogP contribution in [0.2, 0.25) is 0 Å². The van der Waals surface area contributed by atoms with Crippen LogP contribution >= 0.6 is 0 Å². The highest BCUT2D eigenvalue weighted by Crippen LogP contribution is 2.19. The van der Waals surface area contributed by atoms with E-state index in [0.717, 1.165) is 17.4 Å². The van der Waals surface area contributed by atoms with Gasteiger partial charge in [0, 0.05) is 48.8 Å². The number of nitrogens with one attached hydrogen (secondary N) is 1. The molecule has 1 atom stereocenters. The predicted octanol–water partition coefficient (Wildman–Crippen LogP) is 3.02. The SMILES string of the molecule is N#C[C@@H]1CN(C(=O)c2ccc3[nH]ccc3c2)CCN1Cc1ccccc1. The fraction of sp³-hybridized carbons (Fsp3) is 0.238. The standard InChI is InChI=1S/C21H20N4O/c22-13-19-15-25(11-10-24(19)14-16-4-2-1-3-5-16)21(26)18-6-7-20-17(12-18)8-9-23-20/h1-9,12,19,23H,10-11,14-15H2/t19-/m1/s1. The Kier molecular flexibility index (Phi) is 4.42. The molecule has 1 saturated heterocycles. The number of carbonyl (C=O) groups is 1. The number of rotatable bonds is 3. The van der Waals surface area contributed by atoms with Crippen molar-refractivity contribution in [3.8, 4) is 6.07 Å². The molecule has 0 unspecified atom stereocenters. The normalized spacial score (nSPS) is 18.0. The molecule has 0 radical (unpaired) electrons. The molecule has 4 rings (SSSR count). The van der Waals surface area contributed by atoms with Gasteiger partial charge in [0.2, 0.25) is 0 Å². The number of piperazine rings is 1. The maximum atomic E-state index is 12.9. The van der Waals surface area contributed by atoms with Gasteiger partial charge in [-0.15, -0.1) is 0 Å². The van der Waals surface area contributed by atoms with E-state index in [2.05, 4.69) is 28.1 Å². The molecule has 1 aromatic heterocycles. The van der Waals surface area contributed by atoms with Crippen LogP contribution in [-0.4, -0.2) is 46.4 Å². The summed E-state index contributed by atoms with van der Waals surface area (Å²) in [6, 6.07) is 19.9. The minimum absolute atomic E-state index is 0.00675. The van der Waals surface area contributed by atoms with Gasteiger partial charge in [0.1, 0.15) is 6.04 Å². The number of aromatic nitrogens is 1. The van der Waals surface area contributed by atoms with E-state index in [4.69, 9.17) is 0 Å². The Morgan fingerprint density at radius 2 is 2.00 bits per heavy atom. The van der Waals surface area contributed by atoms with Crippen molar-refractivity contribution in [1.29, 1.82) is 5.26 Å². The molecule has 130 valence electrons. The minimum atomic E-state index is -0.288. The van der Waals surface area contributed by atoms with Crippen LogP contribution in [0.3, 0.4) is 0 Å². The molecule has 3 aromatic rings. The molecular formula is C21H20N4O. The lowest BCUT2D eigenvalue weighted by atomic mass is 10.1. The van der Waals surface area contributed by atoms with Gasteiger partial charge >= 0.3 is 0 Å². The minimum Gasteiger partial charge on any atom is -0.361 e. The van der Waals surface area contributed by atoms with E-state index in [1.165, 1.54) is 5.56 Å². The first-order valence-electron chi connectivity index (χ1n) is 8.78. The fourth-order valence-corrected chi connectivity index (χ4v) is 3.50. The van der Waals surface area contributed by atoms with Crippen LogP contribution in [0.1, 0.15) is 15.9 Å². The lowest BCUT2D eigenvalue weighted by molar-refractivity contribution is 0.0552. The van der Waals surface area contributed by atoms with Gasteiger partial charge in [-0.1, -0.05) is 30.3 Å². The molecule has 0 spiro atoms. The fourth-order valence-electron chi connectivity index (χ4n) is 3.50. The number of amides is 1. The van der Waals surface area contributed by atoms with Crippen molar-refractivity contribution in [2.24, 2.45) is 0 Å². The molecule has 0 bridgehead atoms. The van der Waals surface area contributed by atoms with Gasteiger partial charge in [0.15, 0.2) is 0 Å². The Bertz CT molecular complexity index is 957. The highest BCUT2D eigenvalue weighted by molar-refractivity contribution is 5.98. The average molecular weight is 344 g/mol. The van der Waals surface area contributed by atoms with Gasteiger partial charge in [-0.2, -0.15) is 5.26 Å². The van der Waals surface area contributed by atoms with Crippen LogP contribution < -0.4 is 0 Å². The van der Waals surface area contributed by atoms with E-state index in [1.54, 1.807) is 4.90 Å². The monoisotopic (exact) mass is 344 g/mol. The second-order valence-electron chi connectivity index (χ2n) is 6.63. The highest BCUT2D eigenvalue weighted by atomic mass is 16.2. The summed E-state index contributed by atoms with van der Waals surface area (Å²) in [5, 5.41) is 10.6. The van der Waals surface area contributed by atoms with Crippen molar-refractivity contribution < 1.29 is 4.79 Å². The molecule has 2 heterocycles. The Morgan fingerprint density at radius 1 is 1.15 bits per heavy atom. The lowest BCUT2D eigenvalue weighted by Gasteiger charge is -2.38. The summed E-state index contributed by atoms with van der Waals surface area (Å²) >= 11 is 0. The van der Waals surface area contributed by atoms with Crippen LogP contribution in [0.5, 0.6) is 0 Å². The molecule has 2 aromatic carbocycles. The molecular weight excluding hydrogens is 324 g/mol. The lowest BCUT2D eigenvalue weighted by Crippen LogP contribution is -2.53. The van der Waals surface area contributed by atoms with Gasteiger partial charge in [0.05, 0.1) is 6.07 Å². The van der Waals surface area contributed by atoms with E-state index in [9.17, 15) is 10.1 Å². The van der Waals surface area contributed by atoms with Crippen LogP contribution in [0.4, 0.5) is 0 Å². The number of benzene rings is 2. The van der Waals surface area contributed by atoms with E-state index in [0.29, 0.717) is 25.2 Å². The molecule has 1 N–H and O–H groups in total. The molecule has 26 heavy (non-hydrogen) atoms. The Hall–Kier alpha value is -3.10. The number of nitriles is 1. The zero-order valence-electron chi connectivity index (χ0n) is 14.4. The van der Waals surface area contributed by atoms with Gasteiger partial charge in [-0.25, -0.2) is 0 Å². The molecule has 1 amide bonds. The third kappa shape index (κ3) is 3.19. The van der Waals surface area contributed by atoms with Crippen LogP contribution in [-0.2, 0) is 6.54 Å². The summed E-state index contributed by atoms with van der Waals surface area (Å²) in [5.74, 6) is -0.00675. The van der Waals surface area contributed by atoms with E-state index in [1.807, 2.05) is 48.7 Å². The molecule has 5 nitrogen and oxygen atoms in total. The summed E-state index contributed by atoms with van der Waals surface area (Å²) in [6.07, 6.45) is 1.87. The Morgan fingerprint density at radius 3 is 2.81 bits per heavy atom. The van der Waals surface area contributed by atoms with Crippen LogP contribution in [0.15, 0.2) is 60.8 Å². The molecule has 0 aliphatic carbocycles. The van der Waals surface area contributed by atoms with Gasteiger partial charge in [-0.3, -0.25) is 9.69 Å². The average Bonchev–Trinajstić information content (AvgIpc) is 3.16. The third-order valence-electron chi connectivity index (χ3n) is 4.96. The van der Waals surface area contributed by atoms with Crippen LogP contribution in [0, 0.1) is 11.3 Å². The Balaban J connectivity index is 1.47. The largest absolute Gasteiger partial charge is 0.361 e. The second-order valence-corrected chi connectivity index (χ2v) is 6.63. The summed E-state index contributed by atoms with van der Waals surface area (Å²) in [5.41, 5.74) is 2.87. The summed E-state index contributed by atoms with van der Waals surface area (Å²) in [4.78, 5) is 20.0. The van der Waals surface area contributed by atoms with E-state index < -0.39 is 0 Å². The Labute approximate surface area is 152 Å². The first-order valence-corrected chi connectivity index (χ1v) is 8.78. The zero-order chi connectivity index (χ0) is 17.9. The molecule has 1 fully saturated rings. The summed E-state index contributed by atoms with van der Waals surface area (Å²) < 4.78 is 0. The summed E-state index contributed by atoms with van der Waals surface area (Å²) in [6.45, 7) is 2.50. The van der Waals surface area contributed by atoms with Crippen molar-refractivity contribution in [2.45, 2.75) is 12.6 Å². The van der Waals surface area contributed by atoms with Crippen LogP contribution in [0.25, 0.3) is 10.9 Å². The first kappa shape index (κ1) is 16.4. The van der Waals surface area contributed by atoms with Crippen molar-refractivity contribution >= 4 is 16.8 Å². The van der Waals surface area contributed by atoms with Crippen molar-refractivity contribution in [3.63, 3.8) is 0 Å². The van der Waals surface area contributed by atoms with E-state index in [-0.39, 0.29) is 11.9 Å². The van der Waals surface area contributed by atoms with Gasteiger partial charge < -0.3 is 9.88 Å². The maximum Gasteiger partial charge on any atom is 0.254 e. The number of aromatic amines is 1. The number of fused-ring (bicyclic) bond motifs is 1. The molecule has 1 aliphatic heterocycles. The topological polar surface area (TPSA) is 63.1 Å².